The first kappa shape index (κ1) is 30.4. The van der Waals surface area contributed by atoms with Crippen LogP contribution in [0.1, 0.15) is 74.5 Å². The molecule has 0 N–H and O–H groups in total. The molecule has 11 heteroatoms. The number of aromatic nitrogens is 2. The Morgan fingerprint density at radius 1 is 1.07 bits per heavy atom. The molecule has 4 aliphatic heterocycles. The number of carbonyl (C=O) groups is 2. The first-order valence-electron chi connectivity index (χ1n) is 16.2. The normalized spacial score (nSPS) is 25.8. The van der Waals surface area contributed by atoms with Crippen molar-refractivity contribution >= 4 is 28.5 Å². The van der Waals surface area contributed by atoms with Gasteiger partial charge in [0.1, 0.15) is 35.7 Å². The number of ether oxygens (including phenoxy) is 2. The average molecular weight is 627 g/mol. The molecule has 4 fully saturated rings. The minimum absolute atomic E-state index is 0.0111. The summed E-state index contributed by atoms with van der Waals surface area (Å²) in [5, 5.41) is 12.2. The molecule has 0 aliphatic carbocycles. The Bertz CT molecular complexity index is 1720. The molecule has 1 aromatic heterocycles. The highest BCUT2D eigenvalue weighted by atomic mass is 19.1. The third kappa shape index (κ3) is 5.42. The molecule has 2 aromatic carbocycles. The van der Waals surface area contributed by atoms with Crippen molar-refractivity contribution in [1.82, 2.24) is 19.8 Å². The summed E-state index contributed by atoms with van der Waals surface area (Å²) in [5.74, 6) is -0.0880. The summed E-state index contributed by atoms with van der Waals surface area (Å²) in [6.45, 7) is 7.79. The summed E-state index contributed by atoms with van der Waals surface area (Å²) in [6, 6.07) is 15.0. The van der Waals surface area contributed by atoms with E-state index in [1.54, 1.807) is 6.07 Å². The van der Waals surface area contributed by atoms with E-state index in [0.717, 1.165) is 43.0 Å². The van der Waals surface area contributed by atoms with Crippen LogP contribution in [0.4, 0.5) is 15.0 Å². The van der Waals surface area contributed by atoms with E-state index in [2.05, 4.69) is 16.0 Å². The SMILES string of the molecule is CC(C)(C)OC(=O)N1[C@@H]2CC[C@H]1CN(c1nc(OC[C@@]34CCCN3C[C@H](F)C4)nc(C(=O)c3cccc4ccccc34)c1C#N)C2. The lowest BCUT2D eigenvalue weighted by atomic mass is 9.95. The van der Waals surface area contributed by atoms with Crippen molar-refractivity contribution in [2.75, 3.05) is 37.7 Å². The van der Waals surface area contributed by atoms with Gasteiger partial charge in [0.15, 0.2) is 5.82 Å². The molecular weight excluding hydrogens is 587 g/mol. The first-order valence-corrected chi connectivity index (χ1v) is 16.2. The van der Waals surface area contributed by atoms with Gasteiger partial charge in [0.25, 0.3) is 0 Å². The number of ketones is 1. The molecule has 4 saturated heterocycles. The monoisotopic (exact) mass is 626 g/mol. The number of benzene rings is 2. The molecular formula is C35H39FN6O4. The molecule has 3 aromatic rings. The van der Waals surface area contributed by atoms with Gasteiger partial charge in [-0.15, -0.1) is 0 Å². The van der Waals surface area contributed by atoms with Gasteiger partial charge in [-0.3, -0.25) is 14.6 Å². The van der Waals surface area contributed by atoms with Crippen molar-refractivity contribution in [2.24, 2.45) is 0 Å². The van der Waals surface area contributed by atoms with Crippen LogP contribution in [0, 0.1) is 11.3 Å². The van der Waals surface area contributed by atoms with E-state index in [4.69, 9.17) is 14.5 Å². The second-order valence-electron chi connectivity index (χ2n) is 14.1. The third-order valence-electron chi connectivity index (χ3n) is 9.85. The predicted octanol–water partition coefficient (Wildman–Crippen LogP) is 5.28. The Morgan fingerprint density at radius 2 is 1.80 bits per heavy atom. The van der Waals surface area contributed by atoms with Gasteiger partial charge in [-0.2, -0.15) is 15.2 Å². The summed E-state index contributed by atoms with van der Waals surface area (Å²) in [5.41, 5.74) is -0.587. The van der Waals surface area contributed by atoms with Crippen molar-refractivity contribution in [3.8, 4) is 12.1 Å². The van der Waals surface area contributed by atoms with E-state index in [-0.39, 0.29) is 42.1 Å². The van der Waals surface area contributed by atoms with Crippen LogP contribution in [0.3, 0.4) is 0 Å². The number of amides is 1. The summed E-state index contributed by atoms with van der Waals surface area (Å²) < 4.78 is 26.5. The molecule has 10 nitrogen and oxygen atoms in total. The Kier molecular flexibility index (Phi) is 7.59. The molecule has 2 bridgehead atoms. The van der Waals surface area contributed by atoms with Crippen LogP contribution in [0.2, 0.25) is 0 Å². The number of nitrogens with zero attached hydrogens (tertiary/aromatic N) is 6. The number of halogens is 1. The molecule has 0 radical (unpaired) electrons. The standard InChI is InChI=1S/C35H39FN6O4/c1-34(2,3)46-33(44)42-24-12-13-25(42)20-40(19-24)31-28(17-37)29(30(43)27-11-6-9-22-8-4-5-10-26(22)27)38-32(39-31)45-21-35-14-7-15-41(35)18-23(36)16-35/h4-6,8-11,23-25H,7,12-16,18-21H2,1-3H3/t23-,24-,25+,35+/m1/s1. The second-order valence-corrected chi connectivity index (χ2v) is 14.1. The van der Waals surface area contributed by atoms with Crippen LogP contribution < -0.4 is 9.64 Å². The Hall–Kier alpha value is -4.30. The lowest BCUT2D eigenvalue weighted by Gasteiger charge is -2.42. The fourth-order valence-corrected chi connectivity index (χ4v) is 7.88. The molecule has 0 unspecified atom stereocenters. The zero-order valence-electron chi connectivity index (χ0n) is 26.5. The van der Waals surface area contributed by atoms with Gasteiger partial charge in [-0.25, -0.2) is 9.18 Å². The third-order valence-corrected chi connectivity index (χ3v) is 9.85. The van der Waals surface area contributed by atoms with E-state index in [1.807, 2.05) is 67.0 Å². The number of nitriles is 1. The van der Waals surface area contributed by atoms with Crippen molar-refractivity contribution < 1.29 is 23.5 Å². The number of carbonyl (C=O) groups excluding carboxylic acids is 2. The molecule has 1 amide bonds. The Labute approximate surface area is 268 Å². The summed E-state index contributed by atoms with van der Waals surface area (Å²) in [6.07, 6.45) is 2.49. The minimum Gasteiger partial charge on any atom is -0.461 e. The van der Waals surface area contributed by atoms with Gasteiger partial charge in [-0.1, -0.05) is 42.5 Å². The minimum atomic E-state index is -0.915. The van der Waals surface area contributed by atoms with Crippen LogP contribution in [0.5, 0.6) is 6.01 Å². The molecule has 4 aliphatic rings. The van der Waals surface area contributed by atoms with Crippen LogP contribution in [0.15, 0.2) is 42.5 Å². The number of anilines is 1. The van der Waals surface area contributed by atoms with E-state index < -0.39 is 23.1 Å². The van der Waals surface area contributed by atoms with Gasteiger partial charge in [-0.05, 0) is 63.8 Å². The fourth-order valence-electron chi connectivity index (χ4n) is 7.88. The van der Waals surface area contributed by atoms with Gasteiger partial charge >= 0.3 is 12.1 Å². The highest BCUT2D eigenvalue weighted by Gasteiger charge is 2.50. The van der Waals surface area contributed by atoms with E-state index >= 15 is 0 Å². The number of fused-ring (bicyclic) bond motifs is 4. The van der Waals surface area contributed by atoms with Crippen molar-refractivity contribution in [3.63, 3.8) is 0 Å². The van der Waals surface area contributed by atoms with Crippen LogP contribution >= 0.6 is 0 Å². The van der Waals surface area contributed by atoms with Crippen molar-refractivity contribution in [1.29, 1.82) is 5.26 Å². The van der Waals surface area contributed by atoms with Crippen molar-refractivity contribution in [3.05, 3.63) is 59.3 Å². The lowest BCUT2D eigenvalue weighted by Crippen LogP contribution is -2.57. The Balaban J connectivity index is 1.26. The van der Waals surface area contributed by atoms with Gasteiger partial charge < -0.3 is 14.4 Å². The quantitative estimate of drug-likeness (QED) is 0.338. The number of piperazine rings is 1. The van der Waals surface area contributed by atoms with Gasteiger partial charge in [0.2, 0.25) is 5.78 Å². The number of rotatable bonds is 6. The number of alkyl halides is 1. The zero-order valence-corrected chi connectivity index (χ0v) is 26.5. The van der Waals surface area contributed by atoms with E-state index in [9.17, 15) is 19.2 Å². The maximum absolute atomic E-state index is 14.5. The van der Waals surface area contributed by atoms with Gasteiger partial charge in [0, 0.05) is 31.6 Å². The summed E-state index contributed by atoms with van der Waals surface area (Å²) >= 11 is 0. The van der Waals surface area contributed by atoms with Crippen LogP contribution in [-0.4, -0.2) is 93.8 Å². The zero-order chi connectivity index (χ0) is 32.2. The summed E-state index contributed by atoms with van der Waals surface area (Å²) in [4.78, 5) is 42.7. The number of hydrogen-bond donors (Lipinski definition) is 0. The molecule has 0 spiro atoms. The molecule has 5 heterocycles. The average Bonchev–Trinajstić information content (AvgIpc) is 3.64. The van der Waals surface area contributed by atoms with E-state index in [0.29, 0.717) is 37.4 Å². The van der Waals surface area contributed by atoms with Crippen molar-refractivity contribution in [2.45, 2.75) is 82.3 Å². The topological polar surface area (TPSA) is 112 Å². The fraction of sp³-hybridized carbons (Fsp3) is 0.514. The molecule has 46 heavy (non-hydrogen) atoms. The lowest BCUT2D eigenvalue weighted by molar-refractivity contribution is 0.0122. The first-order chi connectivity index (χ1) is 22.0. The highest BCUT2D eigenvalue weighted by Crippen LogP contribution is 2.41. The summed E-state index contributed by atoms with van der Waals surface area (Å²) in [7, 11) is 0. The van der Waals surface area contributed by atoms with Crippen LogP contribution in [-0.2, 0) is 4.74 Å². The maximum atomic E-state index is 14.5. The highest BCUT2D eigenvalue weighted by molar-refractivity contribution is 6.16. The van der Waals surface area contributed by atoms with E-state index in [1.165, 1.54) is 0 Å². The molecule has 4 atom stereocenters. The molecule has 240 valence electrons. The second kappa shape index (κ2) is 11.5. The largest absolute Gasteiger partial charge is 0.461 e. The van der Waals surface area contributed by atoms with Crippen LogP contribution in [0.25, 0.3) is 10.8 Å². The molecule has 7 rings (SSSR count). The maximum Gasteiger partial charge on any atom is 0.410 e. The molecule has 0 saturated carbocycles. The predicted molar refractivity (Wildman–Crippen MR) is 170 cm³/mol. The smallest absolute Gasteiger partial charge is 0.410 e. The van der Waals surface area contributed by atoms with Gasteiger partial charge in [0.05, 0.1) is 17.6 Å². The number of hydrogen-bond acceptors (Lipinski definition) is 9. The Morgan fingerprint density at radius 3 is 2.54 bits per heavy atom.